The zero-order valence-corrected chi connectivity index (χ0v) is 17.6. The van der Waals surface area contributed by atoms with Gasteiger partial charge in [-0.1, -0.05) is 0 Å². The number of amides is 2. The molecule has 0 spiro atoms. The first-order chi connectivity index (χ1) is 16.6. The van der Waals surface area contributed by atoms with Crippen molar-refractivity contribution >= 4 is 35.3 Å². The molecule has 1 N–H and O–H groups in total. The Hall–Kier alpha value is -5.08. The van der Waals surface area contributed by atoms with E-state index in [0.29, 0.717) is 21.1 Å². The Morgan fingerprint density at radius 2 is 1.29 bits per heavy atom. The van der Waals surface area contributed by atoms with E-state index in [2.05, 4.69) is 0 Å². The summed E-state index contributed by atoms with van der Waals surface area (Å²) in [5.74, 6) is -2.68. The number of non-ortho nitro benzene ring substituents is 2. The van der Waals surface area contributed by atoms with Crippen LogP contribution in [0.15, 0.2) is 48.5 Å². The van der Waals surface area contributed by atoms with Crippen molar-refractivity contribution in [3.63, 3.8) is 0 Å². The summed E-state index contributed by atoms with van der Waals surface area (Å²) in [6.07, 6.45) is -2.57. The van der Waals surface area contributed by atoms with Crippen LogP contribution >= 0.6 is 0 Å². The minimum Gasteiger partial charge on any atom is -0.479 e. The number of hydrogen-bond acceptors (Lipinski definition) is 10. The summed E-state index contributed by atoms with van der Waals surface area (Å²) in [5, 5.41) is 31.6. The Labute approximate surface area is 195 Å². The maximum atomic E-state index is 12.6. The quantitative estimate of drug-likeness (QED) is 0.339. The van der Waals surface area contributed by atoms with Crippen molar-refractivity contribution < 1.29 is 43.6 Å². The number of ketones is 1. The van der Waals surface area contributed by atoms with Gasteiger partial charge in [0.15, 0.2) is 5.78 Å². The van der Waals surface area contributed by atoms with Gasteiger partial charge in [-0.25, -0.2) is 19.4 Å². The van der Waals surface area contributed by atoms with Gasteiger partial charge in [0, 0.05) is 24.3 Å². The van der Waals surface area contributed by atoms with Crippen LogP contribution in [0, 0.1) is 20.2 Å². The van der Waals surface area contributed by atoms with E-state index < -0.39 is 53.0 Å². The molecule has 182 valence electrons. The molecule has 1 saturated heterocycles. The molecule has 1 atom stereocenters. The average molecular weight is 488 g/mol. The number of Topliss-reactive ketones (excluding diaryl/α,β-unsaturated/α-hetero) is 1. The normalized spacial score (nSPS) is 15.0. The molecule has 15 nitrogen and oxygen atoms in total. The second-order valence-corrected chi connectivity index (χ2v) is 7.07. The smallest absolute Gasteiger partial charge is 0.430 e. The predicted octanol–water partition coefficient (Wildman–Crippen LogP) is 2.03. The highest BCUT2D eigenvalue weighted by molar-refractivity contribution is 6.08. The van der Waals surface area contributed by atoms with E-state index in [-0.39, 0.29) is 18.0 Å². The first-order valence-corrected chi connectivity index (χ1v) is 9.71. The van der Waals surface area contributed by atoms with Crippen molar-refractivity contribution in [3.05, 3.63) is 79.9 Å². The van der Waals surface area contributed by atoms with Gasteiger partial charge in [-0.05, 0) is 35.4 Å². The Bertz CT molecular complexity index is 1180. The van der Waals surface area contributed by atoms with Crippen LogP contribution < -0.4 is 0 Å². The molecule has 1 aliphatic heterocycles. The highest BCUT2D eigenvalue weighted by Crippen LogP contribution is 2.21. The first kappa shape index (κ1) is 24.6. The number of carbonyl (C=O) groups excluding carboxylic acids is 3. The van der Waals surface area contributed by atoms with Crippen molar-refractivity contribution in [2.24, 2.45) is 0 Å². The highest BCUT2D eigenvalue weighted by atomic mass is 16.6. The number of benzene rings is 2. The van der Waals surface area contributed by atoms with Gasteiger partial charge in [0.2, 0.25) is 6.04 Å². The van der Waals surface area contributed by atoms with E-state index in [0.717, 1.165) is 0 Å². The summed E-state index contributed by atoms with van der Waals surface area (Å²) in [6, 6.07) is 7.96. The molecule has 1 unspecified atom stereocenters. The van der Waals surface area contributed by atoms with Gasteiger partial charge in [0.25, 0.3) is 11.4 Å². The third-order valence-electron chi connectivity index (χ3n) is 4.77. The molecular weight excluding hydrogens is 472 g/mol. The van der Waals surface area contributed by atoms with Crippen molar-refractivity contribution in [2.75, 3.05) is 6.54 Å². The largest absolute Gasteiger partial charge is 0.479 e. The number of carboxylic acids is 1. The number of nitro benzene ring substituents is 2. The number of nitro groups is 2. The van der Waals surface area contributed by atoms with E-state index in [1.807, 2.05) is 0 Å². The molecule has 2 amide bonds. The molecular formula is C20H16N4O11. The standard InChI is InChI=1S/C20H16N4O11/c25-16-9-21(19(28)34-10-12-1-5-14(6-2-12)23(30)31)22(17(16)18(26)27)20(29)35-11-13-3-7-15(8-4-13)24(32)33/h1-8,17H,9-11H2,(H,26,27). The Balaban J connectivity index is 1.69. The molecule has 35 heavy (non-hydrogen) atoms. The van der Waals surface area contributed by atoms with Gasteiger partial charge in [-0.15, -0.1) is 0 Å². The number of nitrogens with zero attached hydrogens (tertiary/aromatic N) is 4. The monoisotopic (exact) mass is 488 g/mol. The molecule has 0 saturated carbocycles. The van der Waals surface area contributed by atoms with E-state index in [9.17, 15) is 44.5 Å². The lowest BCUT2D eigenvalue weighted by Crippen LogP contribution is -2.51. The number of ether oxygens (including phenoxy) is 2. The number of rotatable bonds is 7. The fraction of sp³-hybridized carbons (Fsp3) is 0.200. The van der Waals surface area contributed by atoms with Crippen LogP contribution in [-0.2, 0) is 32.3 Å². The zero-order valence-electron chi connectivity index (χ0n) is 17.6. The highest BCUT2D eigenvalue weighted by Gasteiger charge is 2.50. The number of hydrogen-bond donors (Lipinski definition) is 1. The number of carbonyl (C=O) groups is 4. The van der Waals surface area contributed by atoms with Gasteiger partial charge in [0.1, 0.15) is 19.8 Å². The zero-order chi connectivity index (χ0) is 25.7. The lowest BCUT2D eigenvalue weighted by molar-refractivity contribution is -0.385. The molecule has 0 bridgehead atoms. The number of hydrazine groups is 1. The molecule has 1 heterocycles. The van der Waals surface area contributed by atoms with Gasteiger partial charge in [-0.2, -0.15) is 5.01 Å². The van der Waals surface area contributed by atoms with Crippen LogP contribution in [0.5, 0.6) is 0 Å². The predicted molar refractivity (Wildman–Crippen MR) is 112 cm³/mol. The summed E-state index contributed by atoms with van der Waals surface area (Å²) in [6.45, 7) is -1.59. The fourth-order valence-corrected chi connectivity index (χ4v) is 3.04. The number of aliphatic carboxylic acids is 1. The van der Waals surface area contributed by atoms with Gasteiger partial charge < -0.3 is 14.6 Å². The molecule has 2 aromatic rings. The molecule has 2 aromatic carbocycles. The molecule has 3 rings (SSSR count). The summed E-state index contributed by atoms with van der Waals surface area (Å²) in [4.78, 5) is 69.1. The number of carboxylic acid groups (broad SMARTS) is 1. The lowest BCUT2D eigenvalue weighted by atomic mass is 10.2. The van der Waals surface area contributed by atoms with Crippen LogP contribution in [-0.4, -0.2) is 61.5 Å². The third-order valence-corrected chi connectivity index (χ3v) is 4.77. The van der Waals surface area contributed by atoms with E-state index in [1.54, 1.807) is 0 Å². The van der Waals surface area contributed by atoms with Gasteiger partial charge in [0.05, 0.1) is 9.85 Å². The van der Waals surface area contributed by atoms with E-state index in [4.69, 9.17) is 9.47 Å². The van der Waals surface area contributed by atoms with E-state index in [1.165, 1.54) is 48.5 Å². The van der Waals surface area contributed by atoms with Crippen molar-refractivity contribution in [3.8, 4) is 0 Å². The average Bonchev–Trinajstić information content (AvgIpc) is 3.19. The van der Waals surface area contributed by atoms with Crippen LogP contribution in [0.4, 0.5) is 21.0 Å². The molecule has 1 fully saturated rings. The van der Waals surface area contributed by atoms with Crippen LogP contribution in [0.2, 0.25) is 0 Å². The van der Waals surface area contributed by atoms with Crippen molar-refractivity contribution in [1.82, 2.24) is 10.0 Å². The second kappa shape index (κ2) is 10.2. The molecule has 15 heteroatoms. The molecule has 0 aromatic heterocycles. The second-order valence-electron chi connectivity index (χ2n) is 7.07. The third kappa shape index (κ3) is 5.65. The SMILES string of the molecule is O=C(O)C1C(=O)CN(C(=O)OCc2ccc([N+](=O)[O-])cc2)N1C(=O)OCc1ccc([N+](=O)[O-])cc1. The molecule has 0 radical (unpaired) electrons. The summed E-state index contributed by atoms with van der Waals surface area (Å²) in [5.41, 5.74) is 0.305. The molecule has 1 aliphatic rings. The Morgan fingerprint density at radius 3 is 1.69 bits per heavy atom. The van der Waals surface area contributed by atoms with Gasteiger partial charge >= 0.3 is 18.2 Å². The van der Waals surface area contributed by atoms with Gasteiger partial charge in [-0.3, -0.25) is 25.0 Å². The lowest BCUT2D eigenvalue weighted by Gasteiger charge is -2.27. The fourth-order valence-electron chi connectivity index (χ4n) is 3.04. The van der Waals surface area contributed by atoms with Crippen LogP contribution in [0.3, 0.4) is 0 Å². The first-order valence-electron chi connectivity index (χ1n) is 9.71. The van der Waals surface area contributed by atoms with Crippen molar-refractivity contribution in [2.45, 2.75) is 19.3 Å². The van der Waals surface area contributed by atoms with Crippen LogP contribution in [0.1, 0.15) is 11.1 Å². The van der Waals surface area contributed by atoms with E-state index >= 15 is 0 Å². The molecule has 0 aliphatic carbocycles. The summed E-state index contributed by atoms with van der Waals surface area (Å²) >= 11 is 0. The minimum atomic E-state index is -2.04. The minimum absolute atomic E-state index is 0.184. The Kier molecular flexibility index (Phi) is 7.19. The maximum Gasteiger partial charge on any atom is 0.430 e. The van der Waals surface area contributed by atoms with Crippen LogP contribution in [0.25, 0.3) is 0 Å². The van der Waals surface area contributed by atoms with Crippen molar-refractivity contribution in [1.29, 1.82) is 0 Å². The Morgan fingerprint density at radius 1 is 0.857 bits per heavy atom. The summed E-state index contributed by atoms with van der Waals surface area (Å²) in [7, 11) is 0. The topological polar surface area (TPSA) is 200 Å². The maximum absolute atomic E-state index is 12.6. The summed E-state index contributed by atoms with van der Waals surface area (Å²) < 4.78 is 10.0.